The molecular formula is C18H25N5. The third-order valence-electron chi connectivity index (χ3n) is 3.32. The van der Waals surface area contributed by atoms with E-state index < -0.39 is 0 Å². The molecule has 5 heteroatoms. The van der Waals surface area contributed by atoms with Crippen LogP contribution < -0.4 is 11.1 Å². The van der Waals surface area contributed by atoms with Crippen LogP contribution in [-0.4, -0.2) is 28.4 Å². The zero-order valence-electron chi connectivity index (χ0n) is 14.3. The monoisotopic (exact) mass is 311 g/mol. The van der Waals surface area contributed by atoms with Gasteiger partial charge in [0.25, 0.3) is 0 Å². The van der Waals surface area contributed by atoms with E-state index in [0.717, 1.165) is 34.3 Å². The lowest BCUT2D eigenvalue weighted by molar-refractivity contribution is 0.635. The SMILES string of the molecule is CC/C(=C\C=NCN)c1cc(NC(C)(C)C)c2ccncc2n1. The number of nitrogens with two attached hydrogens (primary N) is 1. The van der Waals surface area contributed by atoms with E-state index >= 15 is 0 Å². The molecule has 0 spiro atoms. The highest BCUT2D eigenvalue weighted by Gasteiger charge is 2.14. The number of pyridine rings is 2. The Kier molecular flexibility index (Phi) is 5.45. The highest BCUT2D eigenvalue weighted by Crippen LogP contribution is 2.28. The Hall–Kier alpha value is -2.27. The standard InChI is InChI=1S/C18H25N5/c1-5-13(6-8-21-12-19)15-10-16(23-18(2,3)4)14-7-9-20-11-17(14)22-15/h6-11H,5,12,19H2,1-4H3,(H,22,23)/b13-6+,21-8?. The molecule has 2 aromatic rings. The number of fused-ring (bicyclic) bond motifs is 1. The van der Waals surface area contributed by atoms with Gasteiger partial charge in [-0.25, -0.2) is 4.98 Å². The molecule has 0 aliphatic heterocycles. The molecule has 0 unspecified atom stereocenters. The molecule has 0 aliphatic rings. The number of nitrogens with zero attached hydrogens (tertiary/aromatic N) is 3. The van der Waals surface area contributed by atoms with Crippen LogP contribution in [0.1, 0.15) is 39.8 Å². The van der Waals surface area contributed by atoms with Crippen molar-refractivity contribution in [2.24, 2.45) is 10.7 Å². The smallest absolute Gasteiger partial charge is 0.0913 e. The molecule has 0 aromatic carbocycles. The summed E-state index contributed by atoms with van der Waals surface area (Å²) in [5.41, 5.74) is 9.36. The van der Waals surface area contributed by atoms with Crippen LogP contribution in [0, 0.1) is 0 Å². The average Bonchev–Trinajstić information content (AvgIpc) is 2.50. The summed E-state index contributed by atoms with van der Waals surface area (Å²) >= 11 is 0. The quantitative estimate of drug-likeness (QED) is 0.827. The van der Waals surface area contributed by atoms with Crippen molar-refractivity contribution in [3.63, 3.8) is 0 Å². The first kappa shape index (κ1) is 17.1. The van der Waals surface area contributed by atoms with Crippen molar-refractivity contribution < 1.29 is 0 Å². The van der Waals surface area contributed by atoms with Crippen molar-refractivity contribution in [2.45, 2.75) is 39.7 Å². The average molecular weight is 311 g/mol. The van der Waals surface area contributed by atoms with Gasteiger partial charge in [0.15, 0.2) is 0 Å². The Balaban J connectivity index is 2.56. The third kappa shape index (κ3) is 4.60. The minimum Gasteiger partial charge on any atom is -0.380 e. The molecular weight excluding hydrogens is 286 g/mol. The zero-order chi connectivity index (χ0) is 16.9. The number of hydrogen-bond donors (Lipinski definition) is 2. The Morgan fingerprint density at radius 3 is 2.83 bits per heavy atom. The van der Waals surface area contributed by atoms with E-state index in [9.17, 15) is 0 Å². The van der Waals surface area contributed by atoms with Gasteiger partial charge in [0.05, 0.1) is 24.1 Å². The molecule has 23 heavy (non-hydrogen) atoms. The first-order valence-electron chi connectivity index (χ1n) is 7.87. The van der Waals surface area contributed by atoms with Crippen molar-refractivity contribution >= 4 is 28.4 Å². The molecule has 5 nitrogen and oxygen atoms in total. The summed E-state index contributed by atoms with van der Waals surface area (Å²) in [7, 11) is 0. The first-order valence-corrected chi connectivity index (χ1v) is 7.87. The molecule has 2 heterocycles. The number of rotatable bonds is 5. The van der Waals surface area contributed by atoms with Gasteiger partial charge in [0, 0.05) is 29.0 Å². The predicted molar refractivity (Wildman–Crippen MR) is 98.7 cm³/mol. The lowest BCUT2D eigenvalue weighted by Gasteiger charge is -2.24. The number of allylic oxidation sites excluding steroid dienone is 2. The van der Waals surface area contributed by atoms with Gasteiger partial charge in [-0.1, -0.05) is 6.92 Å². The van der Waals surface area contributed by atoms with E-state index in [1.807, 2.05) is 12.1 Å². The van der Waals surface area contributed by atoms with Crippen LogP contribution in [0.3, 0.4) is 0 Å². The molecule has 3 N–H and O–H groups in total. The van der Waals surface area contributed by atoms with Crippen LogP contribution in [0.25, 0.3) is 16.5 Å². The van der Waals surface area contributed by atoms with E-state index in [2.05, 4.69) is 49.1 Å². The molecule has 2 rings (SSSR count). The van der Waals surface area contributed by atoms with Gasteiger partial charge in [-0.05, 0) is 51.0 Å². The Morgan fingerprint density at radius 1 is 1.39 bits per heavy atom. The lowest BCUT2D eigenvalue weighted by atomic mass is 10.0. The van der Waals surface area contributed by atoms with E-state index in [-0.39, 0.29) is 5.54 Å². The summed E-state index contributed by atoms with van der Waals surface area (Å²) in [5, 5.41) is 4.64. The van der Waals surface area contributed by atoms with Gasteiger partial charge in [0.1, 0.15) is 0 Å². The highest BCUT2D eigenvalue weighted by molar-refractivity contribution is 5.94. The molecule has 2 aromatic heterocycles. The normalized spacial score (nSPS) is 13.0. The van der Waals surface area contributed by atoms with Crippen molar-refractivity contribution in [1.29, 1.82) is 0 Å². The van der Waals surface area contributed by atoms with Crippen molar-refractivity contribution in [3.8, 4) is 0 Å². The Bertz CT molecular complexity index is 726. The van der Waals surface area contributed by atoms with Crippen molar-refractivity contribution in [3.05, 3.63) is 36.3 Å². The summed E-state index contributed by atoms with van der Waals surface area (Å²) in [4.78, 5) is 13.0. The molecule has 122 valence electrons. The summed E-state index contributed by atoms with van der Waals surface area (Å²) < 4.78 is 0. The van der Waals surface area contributed by atoms with Crippen LogP contribution in [0.5, 0.6) is 0 Å². The molecule has 0 aliphatic carbocycles. The Labute approximate surface area is 137 Å². The Morgan fingerprint density at radius 2 is 2.17 bits per heavy atom. The minimum absolute atomic E-state index is 0.0358. The minimum atomic E-state index is -0.0358. The van der Waals surface area contributed by atoms with Crippen LogP contribution in [0.15, 0.2) is 35.6 Å². The molecule has 0 amide bonds. The molecule has 0 saturated heterocycles. The second-order valence-electron chi connectivity index (χ2n) is 6.38. The van der Waals surface area contributed by atoms with E-state index in [1.54, 1.807) is 18.6 Å². The largest absolute Gasteiger partial charge is 0.380 e. The van der Waals surface area contributed by atoms with Crippen molar-refractivity contribution in [1.82, 2.24) is 9.97 Å². The van der Waals surface area contributed by atoms with E-state index in [0.29, 0.717) is 6.67 Å². The lowest BCUT2D eigenvalue weighted by Crippen LogP contribution is -2.26. The number of aromatic nitrogens is 2. The van der Waals surface area contributed by atoms with Gasteiger partial charge in [-0.15, -0.1) is 0 Å². The number of nitrogens with one attached hydrogen (secondary N) is 1. The maximum Gasteiger partial charge on any atom is 0.0913 e. The summed E-state index contributed by atoms with van der Waals surface area (Å²) in [6, 6.07) is 4.09. The second-order valence-corrected chi connectivity index (χ2v) is 6.38. The summed E-state index contributed by atoms with van der Waals surface area (Å²) in [6.07, 6.45) is 8.17. The highest BCUT2D eigenvalue weighted by atomic mass is 15.0. The number of hydrogen-bond acceptors (Lipinski definition) is 5. The van der Waals surface area contributed by atoms with Crippen LogP contribution >= 0.6 is 0 Å². The van der Waals surface area contributed by atoms with Gasteiger partial charge < -0.3 is 11.1 Å². The van der Waals surface area contributed by atoms with E-state index in [4.69, 9.17) is 10.7 Å². The third-order valence-corrected chi connectivity index (χ3v) is 3.32. The second kappa shape index (κ2) is 7.33. The fourth-order valence-corrected chi connectivity index (χ4v) is 2.34. The van der Waals surface area contributed by atoms with Gasteiger partial charge in [-0.2, -0.15) is 0 Å². The number of aliphatic imine (C=N–C) groups is 1. The summed E-state index contributed by atoms with van der Waals surface area (Å²) in [6.45, 7) is 8.83. The number of anilines is 1. The van der Waals surface area contributed by atoms with Crippen molar-refractivity contribution in [2.75, 3.05) is 12.0 Å². The fourth-order valence-electron chi connectivity index (χ4n) is 2.34. The van der Waals surface area contributed by atoms with E-state index in [1.165, 1.54) is 0 Å². The predicted octanol–water partition coefficient (Wildman–Crippen LogP) is 3.62. The van der Waals surface area contributed by atoms with Gasteiger partial charge in [0.2, 0.25) is 0 Å². The molecule has 0 bridgehead atoms. The summed E-state index contributed by atoms with van der Waals surface area (Å²) in [5.74, 6) is 0. The topological polar surface area (TPSA) is 76.2 Å². The molecule has 0 atom stereocenters. The van der Waals surface area contributed by atoms with Gasteiger partial charge >= 0.3 is 0 Å². The van der Waals surface area contributed by atoms with Crippen LogP contribution in [0.2, 0.25) is 0 Å². The van der Waals surface area contributed by atoms with Crippen LogP contribution in [-0.2, 0) is 0 Å². The molecule has 0 fully saturated rings. The van der Waals surface area contributed by atoms with Crippen LogP contribution in [0.4, 0.5) is 5.69 Å². The molecule has 0 saturated carbocycles. The zero-order valence-corrected chi connectivity index (χ0v) is 14.3. The fraction of sp³-hybridized carbons (Fsp3) is 0.389. The maximum atomic E-state index is 5.40. The molecule has 0 radical (unpaired) electrons. The maximum absolute atomic E-state index is 5.40. The van der Waals surface area contributed by atoms with Gasteiger partial charge in [-0.3, -0.25) is 9.98 Å². The first-order chi connectivity index (χ1) is 10.9.